The second-order valence-corrected chi connectivity index (χ2v) is 5.19. The normalized spacial score (nSPS) is 12.7. The van der Waals surface area contributed by atoms with Gasteiger partial charge in [-0.3, -0.25) is 0 Å². The topological polar surface area (TPSA) is 77.0 Å². The Balaban J connectivity index is 1.68. The summed E-state index contributed by atoms with van der Waals surface area (Å²) in [6, 6.07) is 16.2. The number of benzene rings is 2. The Hall–Kier alpha value is -3.26. The molecule has 0 atom stereocenters. The van der Waals surface area contributed by atoms with E-state index in [1.165, 1.54) is 0 Å². The summed E-state index contributed by atoms with van der Waals surface area (Å²) in [4.78, 5) is 12.1. The number of hydrogen-bond donors (Lipinski definition) is 3. The van der Waals surface area contributed by atoms with Crippen LogP contribution in [0.2, 0.25) is 0 Å². The highest BCUT2D eigenvalue weighted by Gasteiger charge is 2.08. The maximum Gasteiger partial charge on any atom is 0.323 e. The predicted octanol–water partition coefficient (Wildman–Crippen LogP) is 3.54. The van der Waals surface area contributed by atoms with E-state index in [0.717, 1.165) is 24.2 Å². The molecule has 0 aliphatic carbocycles. The van der Waals surface area contributed by atoms with Crippen LogP contribution in [-0.4, -0.2) is 12.6 Å². The molecule has 2 aromatic rings. The summed E-state index contributed by atoms with van der Waals surface area (Å²) in [7, 11) is 0. The van der Waals surface area contributed by atoms with Crippen LogP contribution in [0, 0.1) is 11.3 Å². The minimum absolute atomic E-state index is 0.342. The lowest BCUT2D eigenvalue weighted by molar-refractivity contribution is 0.262. The van der Waals surface area contributed by atoms with Gasteiger partial charge < -0.3 is 16.0 Å². The zero-order chi connectivity index (χ0) is 16.1. The summed E-state index contributed by atoms with van der Waals surface area (Å²) in [6.07, 6.45) is 3.16. The van der Waals surface area contributed by atoms with Gasteiger partial charge >= 0.3 is 6.03 Å². The maximum atomic E-state index is 12.1. The van der Waals surface area contributed by atoms with Crippen molar-refractivity contribution >= 4 is 23.1 Å². The molecule has 0 unspecified atom stereocenters. The summed E-state index contributed by atoms with van der Waals surface area (Å²) in [5, 5.41) is 17.7. The Morgan fingerprint density at radius 3 is 2.52 bits per heavy atom. The lowest BCUT2D eigenvalue weighted by Crippen LogP contribution is -2.19. The quantitative estimate of drug-likeness (QED) is 0.811. The fraction of sp³-hybridized carbons (Fsp3) is 0.111. The molecule has 1 aliphatic heterocycles. The highest BCUT2D eigenvalue weighted by Crippen LogP contribution is 2.20. The Labute approximate surface area is 134 Å². The van der Waals surface area contributed by atoms with Crippen LogP contribution in [-0.2, 0) is 0 Å². The van der Waals surface area contributed by atoms with Crippen molar-refractivity contribution in [1.29, 1.82) is 5.26 Å². The monoisotopic (exact) mass is 304 g/mol. The smallest absolute Gasteiger partial charge is 0.323 e. The average Bonchev–Trinajstić information content (AvgIpc) is 3.09. The second kappa shape index (κ2) is 6.67. The first-order chi connectivity index (χ1) is 11.2. The van der Waals surface area contributed by atoms with Crippen LogP contribution in [0.1, 0.15) is 17.5 Å². The number of anilines is 2. The Morgan fingerprint density at radius 1 is 1.09 bits per heavy atom. The van der Waals surface area contributed by atoms with Crippen molar-refractivity contribution in [2.24, 2.45) is 0 Å². The molecule has 0 bridgehead atoms. The van der Waals surface area contributed by atoms with Crippen molar-refractivity contribution < 1.29 is 4.79 Å². The molecular formula is C18H16N4O. The molecule has 114 valence electrons. The van der Waals surface area contributed by atoms with Gasteiger partial charge in [-0.15, -0.1) is 0 Å². The molecule has 3 rings (SSSR count). The van der Waals surface area contributed by atoms with E-state index in [1.807, 2.05) is 30.3 Å². The van der Waals surface area contributed by atoms with Gasteiger partial charge in [-0.05, 0) is 42.3 Å². The number of nitrogens with one attached hydrogen (secondary N) is 3. The lowest BCUT2D eigenvalue weighted by Gasteiger charge is -2.10. The van der Waals surface area contributed by atoms with E-state index < -0.39 is 0 Å². The Bertz CT molecular complexity index is 805. The van der Waals surface area contributed by atoms with Gasteiger partial charge in [0.2, 0.25) is 0 Å². The van der Waals surface area contributed by atoms with E-state index >= 15 is 0 Å². The molecule has 23 heavy (non-hydrogen) atoms. The van der Waals surface area contributed by atoms with E-state index in [4.69, 9.17) is 5.26 Å². The fourth-order valence-corrected chi connectivity index (χ4v) is 2.44. The molecule has 5 nitrogen and oxygen atoms in total. The van der Waals surface area contributed by atoms with Crippen LogP contribution < -0.4 is 16.0 Å². The van der Waals surface area contributed by atoms with Gasteiger partial charge in [0, 0.05) is 23.6 Å². The molecule has 0 spiro atoms. The second-order valence-electron chi connectivity index (χ2n) is 5.19. The highest BCUT2D eigenvalue weighted by atomic mass is 16.2. The number of carbonyl (C=O) groups is 1. The predicted molar refractivity (Wildman–Crippen MR) is 90.8 cm³/mol. The Morgan fingerprint density at radius 2 is 1.83 bits per heavy atom. The molecule has 3 N–H and O–H groups in total. The standard InChI is InChI=1S/C18H16N4O/c19-12-13-4-1-6-15(10-13)21-18(23)22-16-7-2-5-14(11-16)17-8-3-9-20-17/h1-2,4-8,10-11,20H,3,9H2,(H2,21,22,23). The molecule has 0 fully saturated rings. The highest BCUT2D eigenvalue weighted by molar-refractivity contribution is 6.00. The van der Waals surface area contributed by atoms with Crippen LogP contribution in [0.15, 0.2) is 54.6 Å². The first-order valence-corrected chi connectivity index (χ1v) is 7.37. The van der Waals surface area contributed by atoms with Crippen molar-refractivity contribution in [3.05, 3.63) is 65.7 Å². The van der Waals surface area contributed by atoms with Gasteiger partial charge in [0.05, 0.1) is 11.6 Å². The Kier molecular flexibility index (Phi) is 4.25. The number of carbonyl (C=O) groups excluding carboxylic acids is 1. The summed E-state index contributed by atoms with van der Waals surface area (Å²) < 4.78 is 0. The molecule has 0 saturated carbocycles. The molecule has 5 heteroatoms. The van der Waals surface area contributed by atoms with Crippen molar-refractivity contribution in [3.63, 3.8) is 0 Å². The SMILES string of the molecule is N#Cc1cccc(NC(=O)Nc2cccc(C3=CCCN3)c2)c1. The zero-order valence-electron chi connectivity index (χ0n) is 12.5. The van der Waals surface area contributed by atoms with Gasteiger partial charge in [-0.2, -0.15) is 5.26 Å². The van der Waals surface area contributed by atoms with Gasteiger partial charge in [0.15, 0.2) is 0 Å². The van der Waals surface area contributed by atoms with Gasteiger partial charge in [-0.25, -0.2) is 4.79 Å². The van der Waals surface area contributed by atoms with E-state index in [2.05, 4.69) is 22.0 Å². The number of nitriles is 1. The molecule has 1 heterocycles. The number of nitrogens with zero attached hydrogens (tertiary/aromatic N) is 1. The van der Waals surface area contributed by atoms with E-state index in [-0.39, 0.29) is 6.03 Å². The summed E-state index contributed by atoms with van der Waals surface area (Å²) in [6.45, 7) is 0.947. The van der Waals surface area contributed by atoms with Crippen molar-refractivity contribution in [1.82, 2.24) is 5.32 Å². The van der Waals surface area contributed by atoms with Gasteiger partial charge in [-0.1, -0.05) is 24.3 Å². The number of hydrogen-bond acceptors (Lipinski definition) is 3. The average molecular weight is 304 g/mol. The van der Waals surface area contributed by atoms with Crippen LogP contribution in [0.4, 0.5) is 16.2 Å². The minimum atomic E-state index is -0.342. The van der Waals surface area contributed by atoms with Crippen LogP contribution in [0.5, 0.6) is 0 Å². The maximum absolute atomic E-state index is 12.1. The van der Waals surface area contributed by atoms with E-state index in [9.17, 15) is 4.79 Å². The number of urea groups is 1. The molecule has 1 aliphatic rings. The van der Waals surface area contributed by atoms with Crippen LogP contribution in [0.3, 0.4) is 0 Å². The fourth-order valence-electron chi connectivity index (χ4n) is 2.44. The number of rotatable bonds is 3. The first kappa shape index (κ1) is 14.7. The van der Waals surface area contributed by atoms with Crippen LogP contribution in [0.25, 0.3) is 5.70 Å². The largest absolute Gasteiger partial charge is 0.385 e. The minimum Gasteiger partial charge on any atom is -0.385 e. The molecule has 0 radical (unpaired) electrons. The third-order valence-corrected chi connectivity index (χ3v) is 3.49. The molecule has 2 aromatic carbocycles. The van der Waals surface area contributed by atoms with Crippen LogP contribution >= 0.6 is 0 Å². The van der Waals surface area contributed by atoms with Crippen molar-refractivity contribution in [2.75, 3.05) is 17.2 Å². The molecule has 0 aromatic heterocycles. The van der Waals surface area contributed by atoms with Crippen molar-refractivity contribution in [2.45, 2.75) is 6.42 Å². The summed E-state index contributed by atoms with van der Waals surface area (Å²) >= 11 is 0. The van der Waals surface area contributed by atoms with Gasteiger partial charge in [0.1, 0.15) is 0 Å². The third-order valence-electron chi connectivity index (χ3n) is 3.49. The molecule has 2 amide bonds. The van der Waals surface area contributed by atoms with Crippen molar-refractivity contribution in [3.8, 4) is 6.07 Å². The molecule has 0 saturated heterocycles. The van der Waals surface area contributed by atoms with Gasteiger partial charge in [0.25, 0.3) is 0 Å². The van der Waals surface area contributed by atoms with E-state index in [0.29, 0.717) is 16.9 Å². The third kappa shape index (κ3) is 3.69. The summed E-state index contributed by atoms with van der Waals surface area (Å²) in [5.74, 6) is 0. The first-order valence-electron chi connectivity index (χ1n) is 7.37. The molecular weight excluding hydrogens is 288 g/mol. The van der Waals surface area contributed by atoms with E-state index in [1.54, 1.807) is 24.3 Å². The number of amides is 2. The zero-order valence-corrected chi connectivity index (χ0v) is 12.5. The lowest BCUT2D eigenvalue weighted by atomic mass is 10.1. The summed E-state index contributed by atoms with van der Waals surface area (Å²) in [5.41, 5.74) is 3.94.